The quantitative estimate of drug-likeness (QED) is 0.635. The summed E-state index contributed by atoms with van der Waals surface area (Å²) in [5.41, 5.74) is 1.76. The molecule has 0 aliphatic heterocycles. The highest BCUT2D eigenvalue weighted by Crippen LogP contribution is 2.25. The van der Waals surface area contributed by atoms with Gasteiger partial charge < -0.3 is 0 Å². The average Bonchev–Trinajstić information content (AvgIpc) is 2.46. The zero-order chi connectivity index (χ0) is 15.0. The molecule has 0 aliphatic carbocycles. The van der Waals surface area contributed by atoms with Gasteiger partial charge in [-0.2, -0.15) is 0 Å². The highest BCUT2D eigenvalue weighted by Gasteiger charge is 2.11. The lowest BCUT2D eigenvalue weighted by Gasteiger charge is -2.12. The van der Waals surface area contributed by atoms with Gasteiger partial charge in [0.05, 0.1) is 17.4 Å². The first-order valence-corrected chi connectivity index (χ1v) is 8.05. The molecule has 1 heterocycles. The Labute approximate surface area is 138 Å². The van der Waals surface area contributed by atoms with Crippen LogP contribution in [0.3, 0.4) is 0 Å². The van der Waals surface area contributed by atoms with Gasteiger partial charge in [-0.25, -0.2) is 4.98 Å². The van der Waals surface area contributed by atoms with Crippen molar-refractivity contribution in [3.63, 3.8) is 0 Å². The van der Waals surface area contributed by atoms with E-state index in [1.165, 1.54) is 0 Å². The average molecular weight is 408 g/mol. The summed E-state index contributed by atoms with van der Waals surface area (Å²) < 4.78 is 3.38. The molecule has 5 heteroatoms. The summed E-state index contributed by atoms with van der Waals surface area (Å²) in [6, 6.07) is 13.6. The van der Waals surface area contributed by atoms with E-state index in [0.29, 0.717) is 23.3 Å². The van der Waals surface area contributed by atoms with Crippen molar-refractivity contribution in [1.29, 1.82) is 0 Å². The predicted octanol–water partition coefficient (Wildman–Crippen LogP) is 4.28. The fourth-order valence-electron chi connectivity index (χ4n) is 2.31. The largest absolute Gasteiger partial charge is 0.292 e. The second kappa shape index (κ2) is 5.73. The Kier molecular flexibility index (Phi) is 3.95. The maximum Gasteiger partial charge on any atom is 0.261 e. The van der Waals surface area contributed by atoms with E-state index in [0.717, 1.165) is 14.5 Å². The van der Waals surface area contributed by atoms with Crippen molar-refractivity contribution in [2.24, 2.45) is 0 Å². The highest BCUT2D eigenvalue weighted by atomic mass is 79.9. The zero-order valence-electron chi connectivity index (χ0n) is 11.3. The SMILES string of the molecule is Cc1nc2c(Br)cc(Br)cc2c(=O)n1Cc1ccccc1. The Morgan fingerprint density at radius 1 is 1.14 bits per heavy atom. The zero-order valence-corrected chi connectivity index (χ0v) is 14.5. The topological polar surface area (TPSA) is 34.9 Å². The van der Waals surface area contributed by atoms with Crippen molar-refractivity contribution in [2.45, 2.75) is 13.5 Å². The first-order chi connectivity index (χ1) is 10.1. The molecule has 2 aromatic carbocycles. The van der Waals surface area contributed by atoms with Crippen LogP contribution in [0.25, 0.3) is 10.9 Å². The predicted molar refractivity (Wildman–Crippen MR) is 91.7 cm³/mol. The highest BCUT2D eigenvalue weighted by molar-refractivity contribution is 9.11. The first-order valence-electron chi connectivity index (χ1n) is 6.46. The van der Waals surface area contributed by atoms with Crippen LogP contribution in [0.5, 0.6) is 0 Å². The van der Waals surface area contributed by atoms with Crippen molar-refractivity contribution < 1.29 is 0 Å². The number of halogens is 2. The van der Waals surface area contributed by atoms with E-state index in [1.54, 1.807) is 4.57 Å². The lowest BCUT2D eigenvalue weighted by atomic mass is 10.2. The lowest BCUT2D eigenvalue weighted by Crippen LogP contribution is -2.24. The minimum Gasteiger partial charge on any atom is -0.292 e. The second-order valence-corrected chi connectivity index (χ2v) is 6.59. The summed E-state index contributed by atoms with van der Waals surface area (Å²) >= 11 is 6.89. The van der Waals surface area contributed by atoms with Crippen molar-refractivity contribution >= 4 is 42.8 Å². The molecule has 3 rings (SSSR count). The third kappa shape index (κ3) is 2.80. The number of hydrogen-bond donors (Lipinski definition) is 0. The minimum absolute atomic E-state index is 0.0247. The smallest absolute Gasteiger partial charge is 0.261 e. The summed E-state index contributed by atoms with van der Waals surface area (Å²) in [7, 11) is 0. The fourth-order valence-corrected chi connectivity index (χ4v) is 3.62. The van der Waals surface area contributed by atoms with Gasteiger partial charge in [0.15, 0.2) is 0 Å². The molecule has 0 fully saturated rings. The Morgan fingerprint density at radius 2 is 1.86 bits per heavy atom. The van der Waals surface area contributed by atoms with Crippen LogP contribution >= 0.6 is 31.9 Å². The normalized spacial score (nSPS) is 11.0. The van der Waals surface area contributed by atoms with E-state index in [1.807, 2.05) is 49.4 Å². The molecule has 0 spiro atoms. The number of benzene rings is 2. The lowest BCUT2D eigenvalue weighted by molar-refractivity contribution is 0.712. The van der Waals surface area contributed by atoms with Gasteiger partial charge in [0.25, 0.3) is 5.56 Å². The molecular weight excluding hydrogens is 396 g/mol. The van der Waals surface area contributed by atoms with Crippen LogP contribution in [-0.2, 0) is 6.54 Å². The van der Waals surface area contributed by atoms with Crippen LogP contribution in [0.1, 0.15) is 11.4 Å². The molecule has 21 heavy (non-hydrogen) atoms. The van der Waals surface area contributed by atoms with Crippen LogP contribution in [-0.4, -0.2) is 9.55 Å². The van der Waals surface area contributed by atoms with Crippen molar-refractivity contribution in [3.8, 4) is 0 Å². The van der Waals surface area contributed by atoms with Gasteiger partial charge in [-0.3, -0.25) is 9.36 Å². The van der Waals surface area contributed by atoms with Crippen LogP contribution in [0.2, 0.25) is 0 Å². The van der Waals surface area contributed by atoms with Crippen molar-refractivity contribution in [1.82, 2.24) is 9.55 Å². The van der Waals surface area contributed by atoms with Crippen LogP contribution in [0.15, 0.2) is 56.2 Å². The van der Waals surface area contributed by atoms with Gasteiger partial charge >= 0.3 is 0 Å². The van der Waals surface area contributed by atoms with Crippen LogP contribution in [0, 0.1) is 6.92 Å². The maximum absolute atomic E-state index is 12.7. The number of nitrogens with zero attached hydrogens (tertiary/aromatic N) is 2. The van der Waals surface area contributed by atoms with Crippen molar-refractivity contribution in [2.75, 3.05) is 0 Å². The summed E-state index contributed by atoms with van der Waals surface area (Å²) in [6.45, 7) is 2.39. The fraction of sp³-hybridized carbons (Fsp3) is 0.125. The molecule has 0 unspecified atom stereocenters. The van der Waals surface area contributed by atoms with E-state index >= 15 is 0 Å². The van der Waals surface area contributed by atoms with E-state index in [-0.39, 0.29) is 5.56 Å². The molecule has 0 saturated heterocycles. The van der Waals surface area contributed by atoms with Gasteiger partial charge in [-0.15, -0.1) is 0 Å². The van der Waals surface area contributed by atoms with Gasteiger partial charge in [0.1, 0.15) is 5.82 Å². The van der Waals surface area contributed by atoms with E-state index in [4.69, 9.17) is 0 Å². The summed E-state index contributed by atoms with van der Waals surface area (Å²) in [6.07, 6.45) is 0. The monoisotopic (exact) mass is 406 g/mol. The molecule has 3 nitrogen and oxygen atoms in total. The Bertz CT molecular complexity index is 873. The molecule has 1 aromatic heterocycles. The minimum atomic E-state index is -0.0247. The number of aromatic nitrogens is 2. The van der Waals surface area contributed by atoms with Crippen molar-refractivity contribution in [3.05, 3.63) is 73.2 Å². The van der Waals surface area contributed by atoms with E-state index < -0.39 is 0 Å². The third-order valence-corrected chi connectivity index (χ3v) is 4.41. The van der Waals surface area contributed by atoms with Crippen LogP contribution in [0.4, 0.5) is 0 Å². The number of hydrogen-bond acceptors (Lipinski definition) is 2. The third-order valence-electron chi connectivity index (χ3n) is 3.35. The molecule has 0 saturated carbocycles. The molecule has 0 aliphatic rings. The van der Waals surface area contributed by atoms with Gasteiger partial charge in [0, 0.05) is 8.95 Å². The van der Waals surface area contributed by atoms with Gasteiger partial charge in [0.2, 0.25) is 0 Å². The number of fused-ring (bicyclic) bond motifs is 1. The molecule has 0 amide bonds. The van der Waals surface area contributed by atoms with E-state index in [9.17, 15) is 4.79 Å². The number of rotatable bonds is 2. The Hall–Kier alpha value is -1.46. The summed E-state index contributed by atoms with van der Waals surface area (Å²) in [5, 5.41) is 0.609. The molecule has 0 N–H and O–H groups in total. The summed E-state index contributed by atoms with van der Waals surface area (Å²) in [5.74, 6) is 0.708. The molecule has 0 bridgehead atoms. The molecule has 106 valence electrons. The van der Waals surface area contributed by atoms with E-state index in [2.05, 4.69) is 36.8 Å². The molecular formula is C16H12Br2N2O. The molecule has 0 atom stereocenters. The summed E-state index contributed by atoms with van der Waals surface area (Å²) in [4.78, 5) is 17.3. The van der Waals surface area contributed by atoms with Gasteiger partial charge in [-0.1, -0.05) is 46.3 Å². The molecule has 0 radical (unpaired) electrons. The standard InChI is InChI=1S/C16H12Br2N2O/c1-10-19-15-13(7-12(17)8-14(15)18)16(21)20(10)9-11-5-3-2-4-6-11/h2-8H,9H2,1H3. The maximum atomic E-state index is 12.7. The Balaban J connectivity index is 2.22. The second-order valence-electron chi connectivity index (χ2n) is 4.82. The van der Waals surface area contributed by atoms with Gasteiger partial charge in [-0.05, 0) is 40.5 Å². The first kappa shape index (κ1) is 14.5. The van der Waals surface area contributed by atoms with Crippen LogP contribution < -0.4 is 5.56 Å². The Morgan fingerprint density at radius 3 is 2.57 bits per heavy atom. The molecule has 3 aromatic rings. The number of aryl methyl sites for hydroxylation is 1.